The number of rotatable bonds is 4. The van der Waals surface area contributed by atoms with Gasteiger partial charge in [-0.05, 0) is 0 Å². The van der Waals surface area contributed by atoms with E-state index in [4.69, 9.17) is 0 Å². The summed E-state index contributed by atoms with van der Waals surface area (Å²) in [6.07, 6.45) is 1.74. The van der Waals surface area contributed by atoms with Crippen molar-refractivity contribution in [3.63, 3.8) is 0 Å². The number of nitrogens with zero attached hydrogens (tertiary/aromatic N) is 5. The predicted octanol–water partition coefficient (Wildman–Crippen LogP) is 2.84. The van der Waals surface area contributed by atoms with Crippen molar-refractivity contribution in [2.24, 2.45) is 7.05 Å². The maximum absolute atomic E-state index is 12.0. The first kappa shape index (κ1) is 15.1. The van der Waals surface area contributed by atoms with Gasteiger partial charge in [0.05, 0.1) is 5.69 Å². The molecule has 0 saturated carbocycles. The van der Waals surface area contributed by atoms with Crippen molar-refractivity contribution in [1.82, 2.24) is 24.1 Å². The van der Waals surface area contributed by atoms with Gasteiger partial charge < -0.3 is 4.57 Å². The van der Waals surface area contributed by atoms with Crippen molar-refractivity contribution in [2.45, 2.75) is 10.9 Å². The average Bonchev–Trinajstić information content (AvgIpc) is 3.21. The molecule has 0 aliphatic rings. The molecule has 0 unspecified atom stereocenters. The van der Waals surface area contributed by atoms with E-state index in [-0.39, 0.29) is 5.56 Å². The van der Waals surface area contributed by atoms with E-state index in [1.807, 2.05) is 47.3 Å². The number of benzene rings is 1. The molecule has 24 heavy (non-hydrogen) atoms. The van der Waals surface area contributed by atoms with Gasteiger partial charge in [-0.15, -0.1) is 21.5 Å². The molecule has 0 saturated heterocycles. The Morgan fingerprint density at radius 2 is 2.04 bits per heavy atom. The Balaban J connectivity index is 1.57. The van der Waals surface area contributed by atoms with Crippen LogP contribution in [0.4, 0.5) is 0 Å². The van der Waals surface area contributed by atoms with Crippen LogP contribution >= 0.6 is 23.1 Å². The molecular formula is C16H13N5OS2. The van der Waals surface area contributed by atoms with E-state index in [1.54, 1.807) is 16.7 Å². The largest absolute Gasteiger partial charge is 0.305 e. The molecule has 0 aliphatic heterocycles. The molecule has 1 aromatic carbocycles. The Labute approximate surface area is 145 Å². The number of thiazole rings is 1. The first-order valence-corrected chi connectivity index (χ1v) is 9.12. The van der Waals surface area contributed by atoms with Gasteiger partial charge in [-0.2, -0.15) is 0 Å². The number of hydrogen-bond donors (Lipinski definition) is 0. The molecule has 0 radical (unpaired) electrons. The maximum Gasteiger partial charge on any atom is 0.258 e. The minimum absolute atomic E-state index is 0.0558. The van der Waals surface area contributed by atoms with Crippen LogP contribution < -0.4 is 5.56 Å². The Hall–Kier alpha value is -2.45. The normalized spacial score (nSPS) is 11.2. The van der Waals surface area contributed by atoms with Crippen LogP contribution in [-0.4, -0.2) is 24.1 Å². The molecule has 8 heteroatoms. The summed E-state index contributed by atoms with van der Waals surface area (Å²) >= 11 is 2.97. The standard InChI is InChI=1S/C16H13N5OS2/c1-20-14(11-5-3-2-4-6-11)18-19-16(20)24-10-12-9-13(22)21-7-8-23-15(21)17-12/h2-9H,10H2,1H3. The van der Waals surface area contributed by atoms with Crippen molar-refractivity contribution >= 4 is 28.1 Å². The van der Waals surface area contributed by atoms with Crippen LogP contribution in [-0.2, 0) is 12.8 Å². The maximum atomic E-state index is 12.0. The highest BCUT2D eigenvalue weighted by Gasteiger charge is 2.12. The first-order valence-electron chi connectivity index (χ1n) is 7.26. The van der Waals surface area contributed by atoms with Crippen molar-refractivity contribution < 1.29 is 0 Å². The van der Waals surface area contributed by atoms with Crippen molar-refractivity contribution in [1.29, 1.82) is 0 Å². The van der Waals surface area contributed by atoms with E-state index < -0.39 is 0 Å². The summed E-state index contributed by atoms with van der Waals surface area (Å²) in [6.45, 7) is 0. The van der Waals surface area contributed by atoms with Crippen molar-refractivity contribution in [2.75, 3.05) is 0 Å². The van der Waals surface area contributed by atoms with E-state index in [9.17, 15) is 4.79 Å². The van der Waals surface area contributed by atoms with Crippen LogP contribution in [0.1, 0.15) is 5.69 Å². The molecule has 0 spiro atoms. The molecule has 3 aromatic heterocycles. The number of aromatic nitrogens is 5. The zero-order valence-corrected chi connectivity index (χ0v) is 14.4. The SMILES string of the molecule is Cn1c(SCc2cc(=O)n3ccsc3n2)nnc1-c1ccccc1. The predicted molar refractivity (Wildman–Crippen MR) is 95.3 cm³/mol. The number of fused-ring (bicyclic) bond motifs is 1. The Morgan fingerprint density at radius 3 is 2.88 bits per heavy atom. The summed E-state index contributed by atoms with van der Waals surface area (Å²) in [5.74, 6) is 1.39. The Kier molecular flexibility index (Phi) is 3.91. The van der Waals surface area contributed by atoms with Gasteiger partial charge in [0.15, 0.2) is 15.9 Å². The molecule has 0 bridgehead atoms. The molecule has 4 rings (SSSR count). The highest BCUT2D eigenvalue weighted by molar-refractivity contribution is 7.98. The van der Waals surface area contributed by atoms with Crippen LogP contribution in [0.15, 0.2) is 57.9 Å². The Bertz CT molecular complexity index is 1050. The molecule has 0 fully saturated rings. The van der Waals surface area contributed by atoms with Gasteiger partial charge in [0.25, 0.3) is 5.56 Å². The molecule has 3 heterocycles. The first-order chi connectivity index (χ1) is 11.7. The number of hydrogen-bond acceptors (Lipinski definition) is 6. The van der Waals surface area contributed by atoms with Crippen molar-refractivity contribution in [3.8, 4) is 11.4 Å². The quantitative estimate of drug-likeness (QED) is 0.527. The van der Waals surface area contributed by atoms with E-state index >= 15 is 0 Å². The fourth-order valence-corrected chi connectivity index (χ4v) is 3.92. The lowest BCUT2D eigenvalue weighted by molar-refractivity contribution is 0.793. The molecule has 120 valence electrons. The van der Waals surface area contributed by atoms with E-state index in [2.05, 4.69) is 15.2 Å². The van der Waals surface area contributed by atoms with E-state index in [0.717, 1.165) is 22.2 Å². The second kappa shape index (κ2) is 6.21. The zero-order chi connectivity index (χ0) is 16.5. The van der Waals surface area contributed by atoms with Crippen LogP contribution in [0, 0.1) is 0 Å². The fourth-order valence-electron chi connectivity index (χ4n) is 2.38. The Morgan fingerprint density at radius 1 is 1.21 bits per heavy atom. The lowest BCUT2D eigenvalue weighted by Crippen LogP contribution is -2.12. The van der Waals surface area contributed by atoms with Crippen LogP contribution in [0.3, 0.4) is 0 Å². The van der Waals surface area contributed by atoms with Gasteiger partial charge in [-0.3, -0.25) is 9.20 Å². The molecule has 0 amide bonds. The lowest BCUT2D eigenvalue weighted by Gasteiger charge is -2.04. The summed E-state index contributed by atoms with van der Waals surface area (Å²) < 4.78 is 3.51. The molecule has 0 aliphatic carbocycles. The monoisotopic (exact) mass is 355 g/mol. The summed E-state index contributed by atoms with van der Waals surface area (Å²) in [7, 11) is 1.94. The third-order valence-electron chi connectivity index (χ3n) is 3.57. The van der Waals surface area contributed by atoms with Gasteiger partial charge in [0.2, 0.25) is 0 Å². The summed E-state index contributed by atoms with van der Waals surface area (Å²) in [5.41, 5.74) is 1.72. The molecule has 0 atom stereocenters. The van der Waals surface area contributed by atoms with Crippen molar-refractivity contribution in [3.05, 3.63) is 64.0 Å². The zero-order valence-electron chi connectivity index (χ0n) is 12.8. The van der Waals surface area contributed by atoms with E-state index in [0.29, 0.717) is 10.7 Å². The fraction of sp³-hybridized carbons (Fsp3) is 0.125. The van der Waals surface area contributed by atoms with Gasteiger partial charge >= 0.3 is 0 Å². The third kappa shape index (κ3) is 2.74. The molecule has 6 nitrogen and oxygen atoms in total. The van der Waals surface area contributed by atoms with E-state index in [1.165, 1.54) is 23.1 Å². The van der Waals surface area contributed by atoms with Crippen LogP contribution in [0.5, 0.6) is 0 Å². The molecule has 0 N–H and O–H groups in total. The topological polar surface area (TPSA) is 65.1 Å². The summed E-state index contributed by atoms with van der Waals surface area (Å²) in [6, 6.07) is 11.5. The van der Waals surface area contributed by atoms with Gasteiger partial charge in [0.1, 0.15) is 0 Å². The second-order valence-corrected chi connectivity index (χ2v) is 6.98. The third-order valence-corrected chi connectivity index (χ3v) is 5.38. The summed E-state index contributed by atoms with van der Waals surface area (Å²) in [5, 5.41) is 11.2. The average molecular weight is 355 g/mol. The molecule has 4 aromatic rings. The summed E-state index contributed by atoms with van der Waals surface area (Å²) in [4.78, 5) is 17.2. The van der Waals surface area contributed by atoms with Crippen LogP contribution in [0.2, 0.25) is 0 Å². The van der Waals surface area contributed by atoms with Gasteiger partial charge in [-0.1, -0.05) is 42.1 Å². The minimum Gasteiger partial charge on any atom is -0.305 e. The van der Waals surface area contributed by atoms with Gasteiger partial charge in [-0.25, -0.2) is 4.98 Å². The highest BCUT2D eigenvalue weighted by Crippen LogP contribution is 2.24. The lowest BCUT2D eigenvalue weighted by atomic mass is 10.2. The second-order valence-electron chi connectivity index (χ2n) is 5.16. The molecular weight excluding hydrogens is 342 g/mol. The smallest absolute Gasteiger partial charge is 0.258 e. The highest BCUT2D eigenvalue weighted by atomic mass is 32.2. The minimum atomic E-state index is -0.0558. The van der Waals surface area contributed by atoms with Crippen LogP contribution in [0.25, 0.3) is 16.3 Å². The van der Waals surface area contributed by atoms with Gasteiger partial charge in [0, 0.05) is 36.0 Å². The number of thioether (sulfide) groups is 1.